The molecular formula is C7H11N3O2. The van der Waals surface area contributed by atoms with Crippen LogP contribution in [0.15, 0.2) is 12.4 Å². The van der Waals surface area contributed by atoms with Gasteiger partial charge >= 0.3 is 0 Å². The number of nitrogens with zero attached hydrogens (tertiary/aromatic N) is 2. The van der Waals surface area contributed by atoms with Gasteiger partial charge < -0.3 is 10.4 Å². The Morgan fingerprint density at radius 2 is 2.50 bits per heavy atom. The van der Waals surface area contributed by atoms with Gasteiger partial charge in [0, 0.05) is 7.05 Å². The molecule has 0 fully saturated rings. The van der Waals surface area contributed by atoms with E-state index in [1.807, 2.05) is 0 Å². The third-order valence-corrected chi connectivity index (χ3v) is 1.61. The summed E-state index contributed by atoms with van der Waals surface area (Å²) >= 11 is 0. The van der Waals surface area contributed by atoms with Crippen molar-refractivity contribution in [3.05, 3.63) is 12.4 Å². The standard InChI is InChI=1S/C7H11N3O2/c1-5(7(12)8-2)10-4-6(11)3-9-10/h3-5,11H,1-2H3,(H,8,12). The lowest BCUT2D eigenvalue weighted by Gasteiger charge is -2.08. The van der Waals surface area contributed by atoms with Gasteiger partial charge in [0.15, 0.2) is 5.75 Å². The van der Waals surface area contributed by atoms with E-state index in [-0.39, 0.29) is 11.7 Å². The van der Waals surface area contributed by atoms with Crippen molar-refractivity contribution in [3.63, 3.8) is 0 Å². The van der Waals surface area contributed by atoms with Crippen molar-refractivity contribution in [1.29, 1.82) is 0 Å². The van der Waals surface area contributed by atoms with Crippen molar-refractivity contribution in [2.75, 3.05) is 7.05 Å². The van der Waals surface area contributed by atoms with E-state index in [0.29, 0.717) is 0 Å². The van der Waals surface area contributed by atoms with E-state index in [1.165, 1.54) is 17.1 Å². The molecule has 0 radical (unpaired) electrons. The topological polar surface area (TPSA) is 67.2 Å². The van der Waals surface area contributed by atoms with Gasteiger partial charge in [0.25, 0.3) is 0 Å². The molecule has 1 atom stereocenters. The van der Waals surface area contributed by atoms with Crippen molar-refractivity contribution >= 4 is 5.91 Å². The molecule has 1 amide bonds. The highest BCUT2D eigenvalue weighted by atomic mass is 16.3. The van der Waals surface area contributed by atoms with E-state index in [4.69, 9.17) is 5.11 Å². The van der Waals surface area contributed by atoms with Gasteiger partial charge in [0.1, 0.15) is 6.04 Å². The van der Waals surface area contributed by atoms with Gasteiger partial charge in [-0.1, -0.05) is 0 Å². The summed E-state index contributed by atoms with van der Waals surface area (Å²) in [7, 11) is 1.56. The monoisotopic (exact) mass is 169 g/mol. The molecule has 0 aliphatic heterocycles. The summed E-state index contributed by atoms with van der Waals surface area (Å²) in [5.74, 6) is -0.0798. The molecule has 1 heterocycles. The number of nitrogens with one attached hydrogen (secondary N) is 1. The Morgan fingerprint density at radius 1 is 1.83 bits per heavy atom. The number of aromatic hydroxyl groups is 1. The van der Waals surface area contributed by atoms with E-state index in [9.17, 15) is 4.79 Å². The number of likely N-dealkylation sites (N-methyl/N-ethyl adjacent to an activating group) is 1. The molecule has 1 rings (SSSR count). The molecule has 2 N–H and O–H groups in total. The Hall–Kier alpha value is -1.52. The summed E-state index contributed by atoms with van der Waals surface area (Å²) < 4.78 is 1.40. The quantitative estimate of drug-likeness (QED) is 0.649. The fraction of sp³-hybridized carbons (Fsp3) is 0.429. The summed E-state index contributed by atoms with van der Waals surface area (Å²) in [6.45, 7) is 1.70. The predicted molar refractivity (Wildman–Crippen MR) is 42.7 cm³/mol. The van der Waals surface area contributed by atoms with E-state index < -0.39 is 6.04 Å². The van der Waals surface area contributed by atoms with Gasteiger partial charge in [0.2, 0.25) is 5.91 Å². The van der Waals surface area contributed by atoms with Crippen LogP contribution in [-0.2, 0) is 4.79 Å². The molecule has 1 unspecified atom stereocenters. The Kier molecular flexibility index (Phi) is 2.32. The molecule has 1 aromatic rings. The lowest BCUT2D eigenvalue weighted by atomic mass is 10.3. The van der Waals surface area contributed by atoms with Gasteiger partial charge in [-0.25, -0.2) is 0 Å². The third-order valence-electron chi connectivity index (χ3n) is 1.61. The molecule has 0 bridgehead atoms. The zero-order valence-electron chi connectivity index (χ0n) is 6.98. The largest absolute Gasteiger partial charge is 0.505 e. The molecule has 0 aliphatic rings. The van der Waals surface area contributed by atoms with E-state index in [1.54, 1.807) is 14.0 Å². The number of carbonyl (C=O) groups excluding carboxylic acids is 1. The highest BCUT2D eigenvalue weighted by Crippen LogP contribution is 2.10. The maximum absolute atomic E-state index is 11.1. The summed E-state index contributed by atoms with van der Waals surface area (Å²) in [6, 6.07) is -0.393. The van der Waals surface area contributed by atoms with E-state index in [2.05, 4.69) is 10.4 Å². The lowest BCUT2D eigenvalue weighted by Crippen LogP contribution is -2.27. The fourth-order valence-corrected chi connectivity index (χ4v) is 0.869. The second-order valence-electron chi connectivity index (χ2n) is 2.47. The van der Waals surface area contributed by atoms with Crippen LogP contribution in [0.3, 0.4) is 0 Å². The molecule has 0 saturated heterocycles. The van der Waals surface area contributed by atoms with Crippen LogP contribution in [0.2, 0.25) is 0 Å². The summed E-state index contributed by atoms with van der Waals surface area (Å²) in [6.07, 6.45) is 2.69. The third kappa shape index (κ3) is 1.55. The first-order valence-corrected chi connectivity index (χ1v) is 3.60. The first-order chi connectivity index (χ1) is 5.65. The zero-order chi connectivity index (χ0) is 9.14. The van der Waals surface area contributed by atoms with Crippen molar-refractivity contribution < 1.29 is 9.90 Å². The maximum atomic E-state index is 11.1. The summed E-state index contributed by atoms with van der Waals surface area (Å²) in [5, 5.41) is 15.2. The fourth-order valence-electron chi connectivity index (χ4n) is 0.869. The van der Waals surface area contributed by atoms with Crippen molar-refractivity contribution in [2.45, 2.75) is 13.0 Å². The van der Waals surface area contributed by atoms with Crippen molar-refractivity contribution in [2.24, 2.45) is 0 Å². The van der Waals surface area contributed by atoms with Crippen molar-refractivity contribution in [3.8, 4) is 5.75 Å². The van der Waals surface area contributed by atoms with Crippen LogP contribution in [0.1, 0.15) is 13.0 Å². The number of carbonyl (C=O) groups is 1. The average Bonchev–Trinajstić information content (AvgIpc) is 2.49. The molecule has 12 heavy (non-hydrogen) atoms. The molecule has 66 valence electrons. The number of hydrogen-bond donors (Lipinski definition) is 2. The first kappa shape index (κ1) is 8.58. The molecular weight excluding hydrogens is 158 g/mol. The molecule has 5 nitrogen and oxygen atoms in total. The van der Waals surface area contributed by atoms with Crippen LogP contribution in [0.4, 0.5) is 0 Å². The maximum Gasteiger partial charge on any atom is 0.244 e. The lowest BCUT2D eigenvalue weighted by molar-refractivity contribution is -0.123. The Morgan fingerprint density at radius 3 is 2.92 bits per heavy atom. The van der Waals surface area contributed by atoms with Crippen LogP contribution < -0.4 is 5.32 Å². The molecule has 1 aromatic heterocycles. The number of amides is 1. The highest BCUT2D eigenvalue weighted by molar-refractivity contribution is 5.79. The molecule has 0 saturated carbocycles. The summed E-state index contributed by atoms with van der Waals surface area (Å²) in [4.78, 5) is 11.1. The van der Waals surface area contributed by atoms with Crippen LogP contribution in [0.5, 0.6) is 5.75 Å². The average molecular weight is 169 g/mol. The minimum Gasteiger partial charge on any atom is -0.505 e. The minimum absolute atomic E-state index is 0.0609. The van der Waals surface area contributed by atoms with Crippen LogP contribution in [0, 0.1) is 0 Å². The Bertz CT molecular complexity index is 282. The van der Waals surface area contributed by atoms with Gasteiger partial charge in [-0.2, -0.15) is 5.10 Å². The summed E-state index contributed by atoms with van der Waals surface area (Å²) in [5.41, 5.74) is 0. The van der Waals surface area contributed by atoms with Gasteiger partial charge in [-0.15, -0.1) is 0 Å². The molecule has 0 aliphatic carbocycles. The molecule has 0 aromatic carbocycles. The van der Waals surface area contributed by atoms with Gasteiger partial charge in [-0.3, -0.25) is 9.48 Å². The second kappa shape index (κ2) is 3.25. The molecule has 5 heteroatoms. The second-order valence-corrected chi connectivity index (χ2v) is 2.47. The van der Waals surface area contributed by atoms with E-state index in [0.717, 1.165) is 0 Å². The Balaban J connectivity index is 2.77. The highest BCUT2D eigenvalue weighted by Gasteiger charge is 2.13. The predicted octanol–water partition coefficient (Wildman–Crippen LogP) is -0.104. The minimum atomic E-state index is -0.393. The number of aromatic nitrogens is 2. The molecule has 0 spiro atoms. The normalized spacial score (nSPS) is 12.5. The van der Waals surface area contributed by atoms with Crippen LogP contribution >= 0.6 is 0 Å². The van der Waals surface area contributed by atoms with Gasteiger partial charge in [0.05, 0.1) is 12.4 Å². The first-order valence-electron chi connectivity index (χ1n) is 3.60. The van der Waals surface area contributed by atoms with E-state index >= 15 is 0 Å². The van der Waals surface area contributed by atoms with Crippen LogP contribution in [0.25, 0.3) is 0 Å². The smallest absolute Gasteiger partial charge is 0.244 e. The Labute approximate surface area is 70.0 Å². The zero-order valence-corrected chi connectivity index (χ0v) is 6.98. The van der Waals surface area contributed by atoms with Crippen molar-refractivity contribution in [1.82, 2.24) is 15.1 Å². The van der Waals surface area contributed by atoms with Gasteiger partial charge in [-0.05, 0) is 6.92 Å². The SMILES string of the molecule is CNC(=O)C(C)n1cc(O)cn1. The van der Waals surface area contributed by atoms with Crippen LogP contribution in [-0.4, -0.2) is 27.8 Å². The number of hydrogen-bond acceptors (Lipinski definition) is 3. The number of rotatable bonds is 2.